The van der Waals surface area contributed by atoms with Crippen LogP contribution in [0.1, 0.15) is 18.9 Å². The van der Waals surface area contributed by atoms with Gasteiger partial charge in [0.1, 0.15) is 16.5 Å². The molecule has 1 aliphatic rings. The second-order valence-corrected chi connectivity index (χ2v) is 8.85. The van der Waals surface area contributed by atoms with Gasteiger partial charge < -0.3 is 29.2 Å². The van der Waals surface area contributed by atoms with Crippen LogP contribution in [0.3, 0.4) is 0 Å². The lowest BCUT2D eigenvalue weighted by atomic mass is 10.2. The quantitative estimate of drug-likeness (QED) is 0.321. The van der Waals surface area contributed by atoms with E-state index in [-0.39, 0.29) is 0 Å². The molecular formula is C26H29N3O6S. The van der Waals surface area contributed by atoms with Gasteiger partial charge in [-0.15, -0.1) is 11.3 Å². The summed E-state index contributed by atoms with van der Waals surface area (Å²) in [5.74, 6) is 0.0261. The van der Waals surface area contributed by atoms with Gasteiger partial charge in [0.2, 0.25) is 0 Å². The van der Waals surface area contributed by atoms with Crippen LogP contribution in [0.4, 0.5) is 11.4 Å². The molecule has 190 valence electrons. The van der Waals surface area contributed by atoms with Crippen molar-refractivity contribution < 1.29 is 28.5 Å². The van der Waals surface area contributed by atoms with Gasteiger partial charge in [0.15, 0.2) is 6.61 Å². The van der Waals surface area contributed by atoms with E-state index in [2.05, 4.69) is 15.2 Å². The number of thiazole rings is 1. The maximum Gasteiger partial charge on any atom is 0.331 e. The van der Waals surface area contributed by atoms with Gasteiger partial charge in [-0.25, -0.2) is 9.78 Å². The van der Waals surface area contributed by atoms with Gasteiger partial charge >= 0.3 is 5.97 Å². The van der Waals surface area contributed by atoms with Crippen LogP contribution in [0.5, 0.6) is 11.5 Å². The number of hydrogen-bond donors (Lipinski definition) is 1. The lowest BCUT2D eigenvalue weighted by Crippen LogP contribution is -2.36. The second-order valence-electron chi connectivity index (χ2n) is 7.79. The molecule has 0 saturated carbocycles. The monoisotopic (exact) mass is 511 g/mol. The smallest absolute Gasteiger partial charge is 0.331 e. The maximum absolute atomic E-state index is 12.6. The predicted octanol–water partition coefficient (Wildman–Crippen LogP) is 4.13. The number of amides is 1. The lowest BCUT2D eigenvalue weighted by Gasteiger charge is -2.31. The van der Waals surface area contributed by atoms with Crippen molar-refractivity contribution in [2.45, 2.75) is 13.8 Å². The Balaban J connectivity index is 1.40. The molecule has 10 heteroatoms. The van der Waals surface area contributed by atoms with Crippen LogP contribution in [0.15, 0.2) is 42.5 Å². The van der Waals surface area contributed by atoms with Crippen molar-refractivity contribution in [2.75, 3.05) is 56.3 Å². The Labute approximate surface area is 213 Å². The van der Waals surface area contributed by atoms with E-state index >= 15 is 0 Å². The zero-order valence-corrected chi connectivity index (χ0v) is 21.1. The number of nitrogens with one attached hydrogen (secondary N) is 1. The number of nitrogens with zero attached hydrogens (tertiary/aromatic N) is 2. The molecule has 1 amide bonds. The number of aromatic nitrogens is 1. The molecule has 0 atom stereocenters. The molecule has 36 heavy (non-hydrogen) atoms. The summed E-state index contributed by atoms with van der Waals surface area (Å²) in [6, 6.07) is 11.3. The summed E-state index contributed by atoms with van der Waals surface area (Å²) in [7, 11) is 0. The second kappa shape index (κ2) is 12.4. The third kappa shape index (κ3) is 6.52. The molecule has 1 fully saturated rings. The first-order chi connectivity index (χ1) is 17.6. The average Bonchev–Trinajstić information content (AvgIpc) is 3.31. The van der Waals surface area contributed by atoms with Crippen molar-refractivity contribution >= 4 is 50.9 Å². The Kier molecular flexibility index (Phi) is 8.75. The maximum atomic E-state index is 12.6. The number of ether oxygens (including phenoxy) is 4. The fourth-order valence-corrected chi connectivity index (χ4v) is 4.59. The number of benzene rings is 2. The first-order valence-electron chi connectivity index (χ1n) is 11.8. The minimum Gasteiger partial charge on any atom is -0.492 e. The van der Waals surface area contributed by atoms with Crippen LogP contribution in [0.25, 0.3) is 16.3 Å². The minimum atomic E-state index is -0.632. The van der Waals surface area contributed by atoms with Crippen LogP contribution < -0.4 is 19.7 Å². The summed E-state index contributed by atoms with van der Waals surface area (Å²) < 4.78 is 23.2. The van der Waals surface area contributed by atoms with E-state index < -0.39 is 18.5 Å². The SMILES string of the molecule is CCOc1cc(N2CCOCC2)c(OCC)cc1NC(=O)COC(=O)/C=C/c1nc2ccccc2s1. The standard InChI is InChI=1S/C26H29N3O6S/c1-3-33-21-16-20(29-11-13-32-14-12-29)22(34-4-2)15-19(21)27-24(30)17-35-26(31)10-9-25-28-18-7-5-6-8-23(18)36-25/h5-10,15-16H,3-4,11-14,17H2,1-2H3,(H,27,30)/b10-9+. The third-order valence-electron chi connectivity index (χ3n) is 5.30. The van der Waals surface area contributed by atoms with Crippen LogP contribution >= 0.6 is 11.3 Å². The Morgan fingerprint density at radius 3 is 2.61 bits per heavy atom. The zero-order valence-electron chi connectivity index (χ0n) is 20.3. The highest BCUT2D eigenvalue weighted by Gasteiger charge is 2.20. The molecule has 0 aliphatic carbocycles. The Hall–Kier alpha value is -3.63. The van der Waals surface area contributed by atoms with Crippen molar-refractivity contribution in [3.05, 3.63) is 47.5 Å². The number of fused-ring (bicyclic) bond motifs is 1. The highest BCUT2D eigenvalue weighted by molar-refractivity contribution is 7.19. The molecule has 1 aliphatic heterocycles. The summed E-state index contributed by atoms with van der Waals surface area (Å²) in [6.07, 6.45) is 2.84. The number of esters is 1. The molecular weight excluding hydrogens is 482 g/mol. The highest BCUT2D eigenvalue weighted by Crippen LogP contribution is 2.39. The van der Waals surface area contributed by atoms with E-state index in [1.807, 2.05) is 44.2 Å². The van der Waals surface area contributed by atoms with E-state index in [4.69, 9.17) is 18.9 Å². The number of anilines is 2. The number of morpholine rings is 1. The van der Waals surface area contributed by atoms with Gasteiger partial charge in [-0.05, 0) is 32.1 Å². The van der Waals surface area contributed by atoms with Crippen molar-refractivity contribution in [3.8, 4) is 11.5 Å². The van der Waals surface area contributed by atoms with E-state index in [1.165, 1.54) is 17.4 Å². The molecule has 9 nitrogen and oxygen atoms in total. The van der Waals surface area contributed by atoms with Crippen molar-refractivity contribution in [2.24, 2.45) is 0 Å². The number of rotatable bonds is 10. The number of para-hydroxylation sites is 1. The molecule has 1 aromatic heterocycles. The normalized spacial score (nSPS) is 13.7. The molecule has 1 saturated heterocycles. The van der Waals surface area contributed by atoms with E-state index in [1.54, 1.807) is 12.1 Å². The summed E-state index contributed by atoms with van der Waals surface area (Å²) in [6.45, 7) is 6.95. The molecule has 2 aromatic carbocycles. The van der Waals surface area contributed by atoms with Crippen LogP contribution in [0, 0.1) is 0 Å². The summed E-state index contributed by atoms with van der Waals surface area (Å²) in [5, 5.41) is 3.46. The number of carbonyl (C=O) groups is 2. The number of carbonyl (C=O) groups excluding carboxylic acids is 2. The molecule has 0 radical (unpaired) electrons. The highest BCUT2D eigenvalue weighted by atomic mass is 32.1. The van der Waals surface area contributed by atoms with E-state index in [9.17, 15) is 9.59 Å². The van der Waals surface area contributed by atoms with Crippen molar-refractivity contribution in [1.82, 2.24) is 4.98 Å². The molecule has 0 spiro atoms. The Morgan fingerprint density at radius 1 is 1.11 bits per heavy atom. The topological polar surface area (TPSA) is 99.2 Å². The summed E-state index contributed by atoms with van der Waals surface area (Å²) in [4.78, 5) is 31.3. The van der Waals surface area contributed by atoms with E-state index in [0.29, 0.717) is 48.6 Å². The minimum absolute atomic E-state index is 0.422. The molecule has 1 N–H and O–H groups in total. The molecule has 4 rings (SSSR count). The van der Waals surface area contributed by atoms with Crippen LogP contribution in [0.2, 0.25) is 0 Å². The van der Waals surface area contributed by atoms with Gasteiger partial charge in [0.25, 0.3) is 5.91 Å². The largest absolute Gasteiger partial charge is 0.492 e. The summed E-state index contributed by atoms with van der Waals surface area (Å²) >= 11 is 1.47. The van der Waals surface area contributed by atoms with Crippen molar-refractivity contribution in [3.63, 3.8) is 0 Å². The van der Waals surface area contributed by atoms with Crippen LogP contribution in [-0.4, -0.2) is 63.0 Å². The Morgan fingerprint density at radius 2 is 1.86 bits per heavy atom. The average molecular weight is 512 g/mol. The van der Waals surface area contributed by atoms with Gasteiger partial charge in [-0.3, -0.25) is 4.79 Å². The molecule has 0 unspecified atom stereocenters. The predicted molar refractivity (Wildman–Crippen MR) is 140 cm³/mol. The van der Waals surface area contributed by atoms with Gasteiger partial charge in [-0.1, -0.05) is 12.1 Å². The van der Waals surface area contributed by atoms with Crippen molar-refractivity contribution in [1.29, 1.82) is 0 Å². The molecule has 0 bridgehead atoms. The molecule has 3 aromatic rings. The first kappa shape index (κ1) is 25.5. The first-order valence-corrected chi connectivity index (χ1v) is 12.7. The molecule has 2 heterocycles. The van der Waals surface area contributed by atoms with Gasteiger partial charge in [0, 0.05) is 31.3 Å². The van der Waals surface area contributed by atoms with Crippen LogP contribution in [-0.2, 0) is 19.1 Å². The lowest BCUT2D eigenvalue weighted by molar-refractivity contribution is -0.142. The van der Waals surface area contributed by atoms with E-state index in [0.717, 1.165) is 29.0 Å². The number of hydrogen-bond acceptors (Lipinski definition) is 9. The zero-order chi connectivity index (χ0) is 25.3. The summed E-state index contributed by atoms with van der Waals surface area (Å²) in [5.41, 5.74) is 2.20. The third-order valence-corrected chi connectivity index (χ3v) is 6.31. The Bertz CT molecular complexity index is 1200. The van der Waals surface area contributed by atoms with Gasteiger partial charge in [-0.2, -0.15) is 0 Å². The van der Waals surface area contributed by atoms with Gasteiger partial charge in [0.05, 0.1) is 48.0 Å². The fourth-order valence-electron chi connectivity index (χ4n) is 3.72. The fraction of sp³-hybridized carbons (Fsp3) is 0.346.